The van der Waals surface area contributed by atoms with E-state index in [1.807, 2.05) is 71.6 Å². The zero-order chi connectivity index (χ0) is 19.8. The van der Waals surface area contributed by atoms with Gasteiger partial charge in [0.05, 0.1) is 10.7 Å². The lowest BCUT2D eigenvalue weighted by molar-refractivity contribution is -0.112. The summed E-state index contributed by atoms with van der Waals surface area (Å²) in [6.45, 7) is 0.523. The Balaban J connectivity index is 1.89. The van der Waals surface area contributed by atoms with Gasteiger partial charge in [0.1, 0.15) is 11.6 Å². The fraction of sp³-hybridized carbons (Fsp3) is 0.0435. The largest absolute Gasteiger partial charge is 0.342 e. The van der Waals surface area contributed by atoms with Crippen LogP contribution in [0.25, 0.3) is 0 Å². The minimum Gasteiger partial charge on any atom is -0.342 e. The highest BCUT2D eigenvalue weighted by atomic mass is 35.5. The van der Waals surface area contributed by atoms with Gasteiger partial charge in [-0.1, -0.05) is 72.3 Å². The molecule has 28 heavy (non-hydrogen) atoms. The van der Waals surface area contributed by atoms with E-state index >= 15 is 0 Å². The molecule has 0 aliphatic heterocycles. The molecule has 0 aliphatic rings. The van der Waals surface area contributed by atoms with Gasteiger partial charge >= 0.3 is 0 Å². The van der Waals surface area contributed by atoms with E-state index in [4.69, 9.17) is 11.6 Å². The van der Waals surface area contributed by atoms with Crippen LogP contribution in [0.15, 0.2) is 96.7 Å². The van der Waals surface area contributed by atoms with E-state index in [0.717, 1.165) is 11.3 Å². The first-order valence-electron chi connectivity index (χ1n) is 8.71. The number of rotatable bonds is 6. The van der Waals surface area contributed by atoms with Crippen LogP contribution in [0.1, 0.15) is 5.56 Å². The molecule has 1 amide bonds. The van der Waals surface area contributed by atoms with Crippen molar-refractivity contribution in [2.45, 2.75) is 6.54 Å². The molecule has 138 valence electrons. The number of nitrogens with zero attached hydrogens (tertiary/aromatic N) is 2. The van der Waals surface area contributed by atoms with Gasteiger partial charge in [-0.15, -0.1) is 0 Å². The van der Waals surface area contributed by atoms with E-state index in [2.05, 4.69) is 5.32 Å². The second-order valence-corrected chi connectivity index (χ2v) is 6.44. The van der Waals surface area contributed by atoms with E-state index in [9.17, 15) is 10.1 Å². The molecular weight excluding hydrogens is 370 g/mol. The number of halogens is 1. The highest BCUT2D eigenvalue weighted by Gasteiger charge is 2.14. The van der Waals surface area contributed by atoms with Crippen LogP contribution in [-0.4, -0.2) is 5.91 Å². The number of benzene rings is 3. The molecule has 0 aromatic heterocycles. The number of nitrogens with one attached hydrogen (secondary N) is 1. The molecule has 4 nitrogen and oxygen atoms in total. The third kappa shape index (κ3) is 5.00. The molecule has 3 aromatic rings. The van der Waals surface area contributed by atoms with Crippen molar-refractivity contribution in [1.29, 1.82) is 5.26 Å². The third-order valence-electron chi connectivity index (χ3n) is 4.06. The van der Waals surface area contributed by atoms with Crippen LogP contribution in [0.4, 0.5) is 11.4 Å². The average Bonchev–Trinajstić information content (AvgIpc) is 2.74. The summed E-state index contributed by atoms with van der Waals surface area (Å²) in [6.07, 6.45) is 1.56. The number of para-hydroxylation sites is 2. The topological polar surface area (TPSA) is 56.1 Å². The number of hydrogen-bond donors (Lipinski definition) is 1. The second-order valence-electron chi connectivity index (χ2n) is 6.04. The Kier molecular flexibility index (Phi) is 6.46. The Morgan fingerprint density at radius 3 is 2.21 bits per heavy atom. The number of anilines is 2. The van der Waals surface area contributed by atoms with Crippen molar-refractivity contribution in [3.8, 4) is 6.07 Å². The summed E-state index contributed by atoms with van der Waals surface area (Å²) in [5, 5.41) is 12.7. The highest BCUT2D eigenvalue weighted by molar-refractivity contribution is 6.34. The van der Waals surface area contributed by atoms with Crippen molar-refractivity contribution in [3.05, 3.63) is 107 Å². The molecule has 3 aromatic carbocycles. The Bertz CT molecular complexity index is 1010. The van der Waals surface area contributed by atoms with E-state index in [0.29, 0.717) is 17.3 Å². The lowest BCUT2D eigenvalue weighted by atomic mass is 10.2. The molecule has 0 spiro atoms. The first-order valence-corrected chi connectivity index (χ1v) is 9.08. The lowest BCUT2D eigenvalue weighted by Gasteiger charge is -2.21. The number of hydrogen-bond acceptors (Lipinski definition) is 3. The average molecular weight is 388 g/mol. The molecule has 0 atom stereocenters. The summed E-state index contributed by atoms with van der Waals surface area (Å²) >= 11 is 6.10. The van der Waals surface area contributed by atoms with Crippen LogP contribution in [0.3, 0.4) is 0 Å². The van der Waals surface area contributed by atoms with E-state index in [1.54, 1.807) is 30.5 Å². The molecule has 0 saturated carbocycles. The second kappa shape index (κ2) is 9.40. The first-order chi connectivity index (χ1) is 13.7. The van der Waals surface area contributed by atoms with Crippen LogP contribution in [0.2, 0.25) is 5.02 Å². The minimum atomic E-state index is -0.510. The van der Waals surface area contributed by atoms with Gasteiger partial charge in [0.25, 0.3) is 5.91 Å². The fourth-order valence-corrected chi connectivity index (χ4v) is 2.84. The number of nitriles is 1. The van der Waals surface area contributed by atoms with Crippen molar-refractivity contribution >= 4 is 28.9 Å². The number of amides is 1. The van der Waals surface area contributed by atoms with Crippen molar-refractivity contribution in [2.75, 3.05) is 10.2 Å². The van der Waals surface area contributed by atoms with Crippen LogP contribution >= 0.6 is 11.6 Å². The van der Waals surface area contributed by atoms with Gasteiger partial charge in [-0.2, -0.15) is 5.26 Å². The first kappa shape index (κ1) is 19.2. The molecule has 0 aliphatic carbocycles. The maximum absolute atomic E-state index is 12.6. The summed E-state index contributed by atoms with van der Waals surface area (Å²) < 4.78 is 0. The molecule has 0 radical (unpaired) electrons. The van der Waals surface area contributed by atoms with Gasteiger partial charge in [0.2, 0.25) is 0 Å². The van der Waals surface area contributed by atoms with Gasteiger partial charge in [-0.25, -0.2) is 0 Å². The van der Waals surface area contributed by atoms with Crippen LogP contribution in [0.5, 0.6) is 0 Å². The molecule has 5 heteroatoms. The van der Waals surface area contributed by atoms with Gasteiger partial charge in [0.15, 0.2) is 0 Å². The predicted molar refractivity (Wildman–Crippen MR) is 113 cm³/mol. The Morgan fingerprint density at radius 2 is 1.57 bits per heavy atom. The monoisotopic (exact) mass is 387 g/mol. The van der Waals surface area contributed by atoms with E-state index in [1.165, 1.54) is 0 Å². The molecule has 0 unspecified atom stereocenters. The van der Waals surface area contributed by atoms with Crippen LogP contribution in [-0.2, 0) is 11.3 Å². The number of carbonyl (C=O) groups is 1. The van der Waals surface area contributed by atoms with Crippen molar-refractivity contribution in [3.63, 3.8) is 0 Å². The van der Waals surface area contributed by atoms with Crippen molar-refractivity contribution in [1.82, 2.24) is 0 Å². The van der Waals surface area contributed by atoms with Crippen LogP contribution < -0.4 is 10.2 Å². The lowest BCUT2D eigenvalue weighted by Crippen LogP contribution is -2.20. The molecule has 1 N–H and O–H groups in total. The minimum absolute atomic E-state index is 0.0142. The summed E-state index contributed by atoms with van der Waals surface area (Å²) in [4.78, 5) is 14.5. The van der Waals surface area contributed by atoms with Gasteiger partial charge in [-0.05, 0) is 29.8 Å². The number of carbonyl (C=O) groups excluding carboxylic acids is 1. The highest BCUT2D eigenvalue weighted by Crippen LogP contribution is 2.22. The summed E-state index contributed by atoms with van der Waals surface area (Å²) in [7, 11) is 0. The van der Waals surface area contributed by atoms with Crippen molar-refractivity contribution in [2.24, 2.45) is 0 Å². The zero-order valence-corrected chi connectivity index (χ0v) is 15.8. The molecule has 3 rings (SSSR count). The van der Waals surface area contributed by atoms with E-state index < -0.39 is 5.91 Å². The van der Waals surface area contributed by atoms with Gasteiger partial charge in [-0.3, -0.25) is 4.79 Å². The predicted octanol–water partition coefficient (Wildman–Crippen LogP) is 5.39. The molecule has 0 bridgehead atoms. The third-order valence-corrected chi connectivity index (χ3v) is 4.39. The molecular formula is C23H18ClN3O. The van der Waals surface area contributed by atoms with Gasteiger partial charge in [0, 0.05) is 18.4 Å². The summed E-state index contributed by atoms with van der Waals surface area (Å²) in [5.74, 6) is -0.510. The maximum atomic E-state index is 12.6. The Morgan fingerprint density at radius 1 is 0.964 bits per heavy atom. The Labute approximate surface area is 169 Å². The summed E-state index contributed by atoms with van der Waals surface area (Å²) in [6, 6.07) is 28.4. The van der Waals surface area contributed by atoms with Crippen LogP contribution in [0, 0.1) is 11.3 Å². The molecule has 0 fully saturated rings. The fourth-order valence-electron chi connectivity index (χ4n) is 2.66. The summed E-state index contributed by atoms with van der Waals surface area (Å²) in [5.41, 5.74) is 2.39. The normalized spacial score (nSPS) is 10.8. The smallest absolute Gasteiger partial charge is 0.267 e. The van der Waals surface area contributed by atoms with E-state index in [-0.39, 0.29) is 5.57 Å². The SMILES string of the molecule is N#C/C(=C/N(Cc1ccccc1)c1ccccc1)C(=O)Nc1ccccc1Cl. The Hall–Kier alpha value is -3.55. The quantitative estimate of drug-likeness (QED) is 0.455. The standard InChI is InChI=1S/C23H18ClN3O/c24-21-13-7-8-14-22(21)26-23(28)19(15-25)17-27(20-11-5-2-6-12-20)16-18-9-3-1-4-10-18/h1-14,17H,16H2,(H,26,28)/b19-17-. The molecule has 0 saturated heterocycles. The zero-order valence-electron chi connectivity index (χ0n) is 15.0. The maximum Gasteiger partial charge on any atom is 0.267 e. The van der Waals surface area contributed by atoms with Crippen molar-refractivity contribution < 1.29 is 4.79 Å². The van der Waals surface area contributed by atoms with Gasteiger partial charge < -0.3 is 10.2 Å². The molecule has 0 heterocycles.